The second-order valence-corrected chi connectivity index (χ2v) is 5.56. The zero-order valence-electron chi connectivity index (χ0n) is 11.9. The van der Waals surface area contributed by atoms with Crippen molar-refractivity contribution in [1.29, 1.82) is 0 Å². The minimum atomic E-state index is -0.188. The number of carbonyl (C=O) groups is 1. The highest BCUT2D eigenvalue weighted by Gasteiger charge is 2.33. The molecule has 6 heteroatoms. The maximum absolute atomic E-state index is 11.7. The molecule has 2 heterocycles. The summed E-state index contributed by atoms with van der Waals surface area (Å²) in [6.45, 7) is 5.67. The van der Waals surface area contributed by atoms with Crippen LogP contribution in [0.5, 0.6) is 0 Å². The minimum absolute atomic E-state index is 0.135. The van der Waals surface area contributed by atoms with Gasteiger partial charge in [0.25, 0.3) is 0 Å². The highest BCUT2D eigenvalue weighted by molar-refractivity contribution is 5.86. The molecule has 0 spiro atoms. The van der Waals surface area contributed by atoms with E-state index in [2.05, 4.69) is 22.0 Å². The van der Waals surface area contributed by atoms with Gasteiger partial charge in [0, 0.05) is 19.5 Å². The molecule has 0 N–H and O–H groups in total. The van der Waals surface area contributed by atoms with Crippen LogP contribution in [-0.4, -0.2) is 47.1 Å². The molecule has 110 valence electrons. The lowest BCUT2D eigenvalue weighted by Gasteiger charge is -2.30. The Balaban J connectivity index is 1.68. The van der Waals surface area contributed by atoms with E-state index in [0.717, 1.165) is 38.9 Å². The Labute approximate surface area is 118 Å². The van der Waals surface area contributed by atoms with Gasteiger partial charge in [0.2, 0.25) is 11.7 Å². The van der Waals surface area contributed by atoms with Crippen molar-refractivity contribution in [3.8, 4) is 0 Å². The lowest BCUT2D eigenvalue weighted by Crippen LogP contribution is -2.39. The van der Waals surface area contributed by atoms with E-state index in [1.165, 1.54) is 0 Å². The summed E-state index contributed by atoms with van der Waals surface area (Å²) in [5.74, 6) is 1.09. The van der Waals surface area contributed by atoms with Gasteiger partial charge in [0.1, 0.15) is 11.9 Å². The van der Waals surface area contributed by atoms with Crippen LogP contribution in [0.2, 0.25) is 0 Å². The Kier molecular flexibility index (Phi) is 4.12. The number of ketones is 1. The first kappa shape index (κ1) is 13.7. The van der Waals surface area contributed by atoms with E-state index >= 15 is 0 Å². The second kappa shape index (κ2) is 6.01. The van der Waals surface area contributed by atoms with Gasteiger partial charge in [-0.2, -0.15) is 4.98 Å². The molecule has 1 saturated carbocycles. The summed E-state index contributed by atoms with van der Waals surface area (Å²) in [5.41, 5.74) is 0. The third-order valence-corrected chi connectivity index (χ3v) is 4.04. The van der Waals surface area contributed by atoms with E-state index in [-0.39, 0.29) is 17.8 Å². The Morgan fingerprint density at radius 1 is 1.45 bits per heavy atom. The van der Waals surface area contributed by atoms with Crippen LogP contribution >= 0.6 is 0 Å². The van der Waals surface area contributed by atoms with Crippen molar-refractivity contribution in [1.82, 2.24) is 15.0 Å². The van der Waals surface area contributed by atoms with Crippen molar-refractivity contribution in [3.63, 3.8) is 0 Å². The predicted molar refractivity (Wildman–Crippen MR) is 71.3 cm³/mol. The van der Waals surface area contributed by atoms with E-state index in [9.17, 15) is 4.79 Å². The van der Waals surface area contributed by atoms with Crippen LogP contribution in [0.3, 0.4) is 0 Å². The quantitative estimate of drug-likeness (QED) is 0.835. The fourth-order valence-electron chi connectivity index (χ4n) is 2.97. The summed E-state index contributed by atoms with van der Waals surface area (Å²) < 4.78 is 11.0. The van der Waals surface area contributed by atoms with E-state index in [0.29, 0.717) is 24.7 Å². The molecule has 1 aliphatic carbocycles. The van der Waals surface area contributed by atoms with Crippen molar-refractivity contribution >= 4 is 5.78 Å². The summed E-state index contributed by atoms with van der Waals surface area (Å²) in [6.07, 6.45) is 3.37. The normalized spacial score (nSPS) is 28.1. The molecule has 2 atom stereocenters. The Morgan fingerprint density at radius 3 is 3.10 bits per heavy atom. The molecule has 1 saturated heterocycles. The molecule has 3 rings (SSSR count). The summed E-state index contributed by atoms with van der Waals surface area (Å²) in [4.78, 5) is 18.5. The standard InChI is InChI=1S/C14H21N3O3/c1-2-6-17-7-8-19-12(9-17)13-15-14(20-16-13)10-4-3-5-11(10)18/h10,12H,2-9H2,1H3. The fourth-order valence-corrected chi connectivity index (χ4v) is 2.97. The molecule has 6 nitrogen and oxygen atoms in total. The van der Waals surface area contributed by atoms with E-state index in [1.54, 1.807) is 0 Å². The highest BCUT2D eigenvalue weighted by Crippen LogP contribution is 2.31. The first-order chi connectivity index (χ1) is 9.78. The molecule has 2 aliphatic rings. The summed E-state index contributed by atoms with van der Waals surface area (Å²) in [7, 11) is 0. The van der Waals surface area contributed by atoms with Crippen LogP contribution in [0, 0.1) is 0 Å². The van der Waals surface area contributed by atoms with Crippen LogP contribution in [-0.2, 0) is 9.53 Å². The van der Waals surface area contributed by atoms with Crippen LogP contribution in [0.4, 0.5) is 0 Å². The SMILES string of the molecule is CCCN1CCOC(c2noc(C3CCCC3=O)n2)C1. The first-order valence-electron chi connectivity index (χ1n) is 7.48. The average Bonchev–Trinajstić information content (AvgIpc) is 3.08. The summed E-state index contributed by atoms with van der Waals surface area (Å²) >= 11 is 0. The molecule has 1 aromatic heterocycles. The number of carbonyl (C=O) groups excluding carboxylic acids is 1. The zero-order valence-corrected chi connectivity index (χ0v) is 11.9. The number of hydrogen-bond acceptors (Lipinski definition) is 6. The van der Waals surface area contributed by atoms with Crippen LogP contribution < -0.4 is 0 Å². The van der Waals surface area contributed by atoms with Gasteiger partial charge in [-0.05, 0) is 25.8 Å². The molecule has 2 fully saturated rings. The van der Waals surface area contributed by atoms with E-state index < -0.39 is 0 Å². The highest BCUT2D eigenvalue weighted by atomic mass is 16.5. The summed E-state index contributed by atoms with van der Waals surface area (Å²) in [5, 5.41) is 4.02. The smallest absolute Gasteiger partial charge is 0.237 e. The number of ether oxygens (including phenoxy) is 1. The number of rotatable bonds is 4. The van der Waals surface area contributed by atoms with Gasteiger partial charge < -0.3 is 9.26 Å². The predicted octanol–water partition coefficient (Wildman–Crippen LogP) is 1.69. The van der Waals surface area contributed by atoms with E-state index in [4.69, 9.17) is 9.26 Å². The Bertz CT molecular complexity index is 472. The number of hydrogen-bond donors (Lipinski definition) is 0. The first-order valence-corrected chi connectivity index (χ1v) is 7.48. The topological polar surface area (TPSA) is 68.5 Å². The van der Waals surface area contributed by atoms with Gasteiger partial charge in [-0.3, -0.25) is 9.69 Å². The van der Waals surface area contributed by atoms with Crippen molar-refractivity contribution in [3.05, 3.63) is 11.7 Å². The van der Waals surface area contributed by atoms with Gasteiger partial charge >= 0.3 is 0 Å². The molecule has 1 aliphatic heterocycles. The van der Waals surface area contributed by atoms with Crippen molar-refractivity contribution in [2.75, 3.05) is 26.2 Å². The molecule has 0 aromatic carbocycles. The van der Waals surface area contributed by atoms with Crippen LogP contribution in [0.1, 0.15) is 56.3 Å². The lowest BCUT2D eigenvalue weighted by atomic mass is 10.1. The number of Topliss-reactive ketones (excluding diaryl/α,β-unsaturated/α-hetero) is 1. The van der Waals surface area contributed by atoms with Crippen molar-refractivity contribution in [2.45, 2.75) is 44.6 Å². The van der Waals surface area contributed by atoms with Gasteiger partial charge in [-0.1, -0.05) is 12.1 Å². The fraction of sp³-hybridized carbons (Fsp3) is 0.786. The average molecular weight is 279 g/mol. The second-order valence-electron chi connectivity index (χ2n) is 5.56. The minimum Gasteiger partial charge on any atom is -0.367 e. The largest absolute Gasteiger partial charge is 0.367 e. The van der Waals surface area contributed by atoms with Gasteiger partial charge in [0.05, 0.1) is 12.5 Å². The molecular formula is C14H21N3O3. The third-order valence-electron chi connectivity index (χ3n) is 4.04. The molecule has 0 radical (unpaired) electrons. The molecule has 1 aromatic rings. The van der Waals surface area contributed by atoms with Gasteiger partial charge in [-0.15, -0.1) is 0 Å². The molecule has 0 bridgehead atoms. The van der Waals surface area contributed by atoms with Crippen LogP contribution in [0.15, 0.2) is 4.52 Å². The molecule has 20 heavy (non-hydrogen) atoms. The van der Waals surface area contributed by atoms with Gasteiger partial charge in [0.15, 0.2) is 0 Å². The third kappa shape index (κ3) is 2.76. The Hall–Kier alpha value is -1.27. The number of aromatic nitrogens is 2. The number of nitrogens with zero attached hydrogens (tertiary/aromatic N) is 3. The van der Waals surface area contributed by atoms with Crippen LogP contribution in [0.25, 0.3) is 0 Å². The Morgan fingerprint density at radius 2 is 2.35 bits per heavy atom. The monoisotopic (exact) mass is 279 g/mol. The van der Waals surface area contributed by atoms with Gasteiger partial charge in [-0.25, -0.2) is 0 Å². The lowest BCUT2D eigenvalue weighted by molar-refractivity contribution is -0.119. The summed E-state index contributed by atoms with van der Waals surface area (Å²) in [6, 6.07) is 0. The maximum atomic E-state index is 11.7. The van der Waals surface area contributed by atoms with E-state index in [1.807, 2.05) is 0 Å². The molecular weight excluding hydrogens is 258 g/mol. The van der Waals surface area contributed by atoms with Crippen molar-refractivity contribution in [2.24, 2.45) is 0 Å². The maximum Gasteiger partial charge on any atom is 0.237 e. The number of morpholine rings is 1. The zero-order chi connectivity index (χ0) is 13.9. The van der Waals surface area contributed by atoms with Crippen molar-refractivity contribution < 1.29 is 14.1 Å². The molecule has 2 unspecified atom stereocenters. The molecule has 0 amide bonds.